The molecule has 162 valence electrons. The van der Waals surface area contributed by atoms with Gasteiger partial charge in [-0.25, -0.2) is 0 Å². The van der Waals surface area contributed by atoms with Gasteiger partial charge in [0.25, 0.3) is 0 Å². The van der Waals surface area contributed by atoms with Crippen LogP contribution in [0.1, 0.15) is 85.6 Å². The number of rotatable bonds is 9. The zero-order chi connectivity index (χ0) is 21.5. The fraction of sp³-hybridized carbons (Fsp3) is 0.379. The Hall–Kier alpha value is -1.70. The lowest BCUT2D eigenvalue weighted by atomic mass is 9.74. The van der Waals surface area contributed by atoms with Crippen molar-refractivity contribution in [2.24, 2.45) is 0 Å². The van der Waals surface area contributed by atoms with Crippen molar-refractivity contribution in [2.75, 3.05) is 0 Å². The molecule has 0 nitrogen and oxygen atoms in total. The first-order chi connectivity index (χ1) is 15.3. The fourth-order valence-corrected chi connectivity index (χ4v) is 6.74. The third-order valence-corrected chi connectivity index (χ3v) is 8.25. The molecule has 3 aromatic rings. The van der Waals surface area contributed by atoms with Crippen molar-refractivity contribution in [3.8, 4) is 0 Å². The summed E-state index contributed by atoms with van der Waals surface area (Å²) in [5.41, 5.74) is 4.33. The van der Waals surface area contributed by atoms with Gasteiger partial charge < -0.3 is 0 Å². The Balaban J connectivity index is 1.69. The average Bonchev–Trinajstić information content (AvgIpc) is 2.82. The molecular formula is C29H33ClS. The van der Waals surface area contributed by atoms with E-state index in [9.17, 15) is 0 Å². The highest BCUT2D eigenvalue weighted by molar-refractivity contribution is 7.99. The molecule has 4 rings (SSSR count). The third kappa shape index (κ3) is 5.57. The molecule has 0 saturated carbocycles. The van der Waals surface area contributed by atoms with Crippen LogP contribution in [-0.4, -0.2) is 0 Å². The van der Waals surface area contributed by atoms with Crippen LogP contribution >= 0.6 is 23.4 Å². The number of benzene rings is 3. The van der Waals surface area contributed by atoms with E-state index < -0.39 is 0 Å². The highest BCUT2D eigenvalue weighted by Crippen LogP contribution is 2.59. The molecule has 31 heavy (non-hydrogen) atoms. The van der Waals surface area contributed by atoms with Crippen LogP contribution in [0.2, 0.25) is 5.02 Å². The lowest BCUT2D eigenvalue weighted by molar-refractivity contribution is 0.452. The van der Waals surface area contributed by atoms with Crippen molar-refractivity contribution in [2.45, 2.75) is 73.9 Å². The van der Waals surface area contributed by atoms with Gasteiger partial charge in [-0.05, 0) is 47.2 Å². The number of hydrogen-bond acceptors (Lipinski definition) is 1. The Morgan fingerprint density at radius 3 is 2.10 bits per heavy atom. The molecule has 1 heterocycles. The minimum atomic E-state index is 0.419. The number of fused-ring (bicyclic) bond motifs is 1. The smallest absolute Gasteiger partial charge is 0.0419 e. The molecule has 3 aromatic carbocycles. The number of unbranched alkanes of at least 4 members (excludes halogenated alkanes) is 5. The summed E-state index contributed by atoms with van der Waals surface area (Å²) in [7, 11) is 0. The standard InChI is InChI=1S/C29H33ClS/c1-2-3-4-5-6-13-18-25-26-21-24(30)19-20-27(26)31-29(23-16-11-8-12-17-23)28(25)22-14-9-7-10-15-22/h7-12,14-17,19-21,25,28-29H,2-6,13,18H2,1H3. The molecule has 0 aromatic heterocycles. The Kier molecular flexibility index (Phi) is 8.16. The summed E-state index contributed by atoms with van der Waals surface area (Å²) < 4.78 is 0. The topological polar surface area (TPSA) is 0 Å². The van der Waals surface area contributed by atoms with E-state index in [4.69, 9.17) is 11.6 Å². The van der Waals surface area contributed by atoms with Gasteiger partial charge in [0.15, 0.2) is 0 Å². The van der Waals surface area contributed by atoms with E-state index in [1.165, 1.54) is 66.5 Å². The van der Waals surface area contributed by atoms with Crippen molar-refractivity contribution in [3.05, 3.63) is 101 Å². The van der Waals surface area contributed by atoms with Crippen LogP contribution in [-0.2, 0) is 0 Å². The lowest BCUT2D eigenvalue weighted by Crippen LogP contribution is -2.22. The van der Waals surface area contributed by atoms with Gasteiger partial charge in [0.1, 0.15) is 0 Å². The Bertz CT molecular complexity index is 937. The third-order valence-electron chi connectivity index (χ3n) is 6.57. The van der Waals surface area contributed by atoms with E-state index in [1.54, 1.807) is 0 Å². The molecule has 0 N–H and O–H groups in total. The van der Waals surface area contributed by atoms with Crippen molar-refractivity contribution in [1.29, 1.82) is 0 Å². The second kappa shape index (κ2) is 11.2. The first-order valence-electron chi connectivity index (χ1n) is 11.8. The van der Waals surface area contributed by atoms with Crippen LogP contribution in [0.3, 0.4) is 0 Å². The molecule has 0 bridgehead atoms. The Labute approximate surface area is 197 Å². The molecule has 2 heteroatoms. The van der Waals surface area contributed by atoms with E-state index in [-0.39, 0.29) is 0 Å². The maximum Gasteiger partial charge on any atom is 0.0419 e. The molecular weight excluding hydrogens is 416 g/mol. The summed E-state index contributed by atoms with van der Waals surface area (Å²) >= 11 is 8.52. The monoisotopic (exact) mass is 448 g/mol. The highest BCUT2D eigenvalue weighted by atomic mass is 35.5. The molecule has 1 aliphatic heterocycles. The zero-order valence-corrected chi connectivity index (χ0v) is 20.0. The quantitative estimate of drug-likeness (QED) is 0.293. The van der Waals surface area contributed by atoms with Gasteiger partial charge in [0.2, 0.25) is 0 Å². The summed E-state index contributed by atoms with van der Waals surface area (Å²) in [5, 5.41) is 1.28. The van der Waals surface area contributed by atoms with Crippen LogP contribution in [0, 0.1) is 0 Å². The highest BCUT2D eigenvalue weighted by Gasteiger charge is 2.38. The molecule has 0 radical (unpaired) electrons. The molecule has 0 fully saturated rings. The molecule has 3 unspecified atom stereocenters. The van der Waals surface area contributed by atoms with Gasteiger partial charge in [0.05, 0.1) is 0 Å². The SMILES string of the molecule is CCCCCCCCC1c2cc(Cl)ccc2SC(c2ccccc2)C1c1ccccc1. The van der Waals surface area contributed by atoms with Gasteiger partial charge in [0, 0.05) is 21.1 Å². The van der Waals surface area contributed by atoms with Crippen molar-refractivity contribution in [3.63, 3.8) is 0 Å². The van der Waals surface area contributed by atoms with Gasteiger partial charge in [-0.3, -0.25) is 0 Å². The maximum absolute atomic E-state index is 6.50. The second-order valence-electron chi connectivity index (χ2n) is 8.73. The first kappa shape index (κ1) is 22.5. The van der Waals surface area contributed by atoms with Crippen molar-refractivity contribution < 1.29 is 0 Å². The lowest BCUT2D eigenvalue weighted by Gasteiger charge is -2.40. The normalized spacial score (nSPS) is 20.4. The van der Waals surface area contributed by atoms with Crippen molar-refractivity contribution in [1.82, 2.24) is 0 Å². The van der Waals surface area contributed by atoms with Gasteiger partial charge in [-0.15, -0.1) is 11.8 Å². The fourth-order valence-electron chi connectivity index (χ4n) is 5.01. The molecule has 0 spiro atoms. The Morgan fingerprint density at radius 2 is 1.39 bits per heavy atom. The van der Waals surface area contributed by atoms with E-state index >= 15 is 0 Å². The summed E-state index contributed by atoms with van der Waals surface area (Å²) in [5.74, 6) is 0.948. The molecule has 1 aliphatic rings. The molecule has 0 aliphatic carbocycles. The van der Waals surface area contributed by atoms with Crippen LogP contribution in [0.25, 0.3) is 0 Å². The second-order valence-corrected chi connectivity index (χ2v) is 10.4. The summed E-state index contributed by atoms with van der Waals surface area (Å²) in [6.07, 6.45) is 9.24. The Morgan fingerprint density at radius 1 is 0.742 bits per heavy atom. The summed E-state index contributed by atoms with van der Waals surface area (Å²) in [6, 6.07) is 28.8. The first-order valence-corrected chi connectivity index (χ1v) is 13.1. The van der Waals surface area contributed by atoms with E-state index in [0.717, 1.165) is 5.02 Å². The number of thioether (sulfide) groups is 1. The van der Waals surface area contributed by atoms with Crippen molar-refractivity contribution >= 4 is 23.4 Å². The molecule has 0 amide bonds. The average molecular weight is 449 g/mol. The maximum atomic E-state index is 6.50. The zero-order valence-electron chi connectivity index (χ0n) is 18.5. The number of hydrogen-bond donors (Lipinski definition) is 0. The van der Waals surface area contributed by atoms with E-state index in [1.807, 2.05) is 11.8 Å². The van der Waals surface area contributed by atoms with E-state index in [2.05, 4.69) is 85.8 Å². The van der Waals surface area contributed by atoms with Crippen LogP contribution in [0.4, 0.5) is 0 Å². The van der Waals surface area contributed by atoms with Gasteiger partial charge in [-0.1, -0.05) is 118 Å². The molecule has 3 atom stereocenters. The predicted molar refractivity (Wildman–Crippen MR) is 136 cm³/mol. The number of halogens is 1. The van der Waals surface area contributed by atoms with E-state index in [0.29, 0.717) is 17.1 Å². The minimum absolute atomic E-state index is 0.419. The van der Waals surface area contributed by atoms with Gasteiger partial charge >= 0.3 is 0 Å². The summed E-state index contributed by atoms with van der Waals surface area (Å²) in [6.45, 7) is 2.29. The molecule has 0 saturated heterocycles. The predicted octanol–water partition coefficient (Wildman–Crippen LogP) is 9.80. The largest absolute Gasteiger partial charge is 0.117 e. The van der Waals surface area contributed by atoms with Crippen LogP contribution in [0.5, 0.6) is 0 Å². The van der Waals surface area contributed by atoms with Gasteiger partial charge in [-0.2, -0.15) is 0 Å². The minimum Gasteiger partial charge on any atom is -0.117 e. The van der Waals surface area contributed by atoms with Crippen LogP contribution in [0.15, 0.2) is 83.8 Å². The van der Waals surface area contributed by atoms with Crippen LogP contribution < -0.4 is 0 Å². The summed E-state index contributed by atoms with van der Waals surface area (Å²) in [4.78, 5) is 1.40.